The average Bonchev–Trinajstić information content (AvgIpc) is 3.29. The summed E-state index contributed by atoms with van der Waals surface area (Å²) < 4.78 is 71.2. The first-order chi connectivity index (χ1) is 16.9. The zero-order valence-electron chi connectivity index (χ0n) is 18.7. The van der Waals surface area contributed by atoms with E-state index in [1.807, 2.05) is 6.07 Å². The minimum absolute atomic E-state index is 0.0443. The lowest BCUT2D eigenvalue weighted by atomic mass is 9.83. The maximum atomic E-state index is 14.7. The van der Waals surface area contributed by atoms with Crippen molar-refractivity contribution < 1.29 is 31.6 Å². The highest BCUT2D eigenvalue weighted by Gasteiger charge is 2.62. The Morgan fingerprint density at radius 3 is 2.50 bits per heavy atom. The standard InChI is InChI=1S/C24H18Cl2F5N3O2/c1-2-3-20(35)34-11-16(22(34)28)15-5-4-12(6-13(15)10-32)19-9-23(36-33-19,24(29,30)31)14-7-17(25)21(27)18(26)8-14/h4-8,16,22H,2-3,9,11H2,1H3. The predicted octanol–water partition coefficient (Wildman–Crippen LogP) is 6.61. The Labute approximate surface area is 213 Å². The average molecular weight is 546 g/mol. The van der Waals surface area contributed by atoms with Crippen LogP contribution in [0.25, 0.3) is 0 Å². The first kappa shape index (κ1) is 26.2. The Bertz CT molecular complexity index is 1270. The number of nitrogens with zero attached hydrogens (tertiary/aromatic N) is 3. The van der Waals surface area contributed by atoms with Crippen molar-refractivity contribution in [2.45, 2.75) is 50.2 Å². The number of hydrogen-bond donors (Lipinski definition) is 0. The zero-order valence-corrected chi connectivity index (χ0v) is 20.2. The minimum atomic E-state index is -4.98. The van der Waals surface area contributed by atoms with Gasteiger partial charge in [-0.1, -0.05) is 47.4 Å². The molecule has 2 aromatic rings. The molecule has 0 spiro atoms. The number of halogens is 7. The normalized spacial score (nSPS) is 23.5. The van der Waals surface area contributed by atoms with Gasteiger partial charge in [0.1, 0.15) is 0 Å². The molecule has 12 heteroatoms. The van der Waals surface area contributed by atoms with Crippen LogP contribution in [0, 0.1) is 17.1 Å². The topological polar surface area (TPSA) is 65.7 Å². The van der Waals surface area contributed by atoms with E-state index >= 15 is 0 Å². The number of oxime groups is 1. The van der Waals surface area contributed by atoms with Crippen molar-refractivity contribution >= 4 is 34.8 Å². The Kier molecular flexibility index (Phi) is 6.92. The number of alkyl halides is 4. The lowest BCUT2D eigenvalue weighted by Gasteiger charge is -2.43. The van der Waals surface area contributed by atoms with Gasteiger partial charge in [0, 0.05) is 30.5 Å². The zero-order chi connectivity index (χ0) is 26.4. The third-order valence-electron chi connectivity index (χ3n) is 6.35. The van der Waals surface area contributed by atoms with Crippen molar-refractivity contribution in [3.05, 3.63) is 68.4 Å². The van der Waals surface area contributed by atoms with Gasteiger partial charge in [-0.2, -0.15) is 18.4 Å². The SMILES string of the molecule is CCCC(=O)N1CC(c2ccc(C3=NOC(c4cc(Cl)c(F)c(Cl)c4)(C(F)(F)F)C3)cc2C#N)C1F. The van der Waals surface area contributed by atoms with Crippen molar-refractivity contribution in [2.75, 3.05) is 6.54 Å². The quantitative estimate of drug-likeness (QED) is 0.241. The first-order valence-corrected chi connectivity index (χ1v) is 11.6. The molecule has 0 N–H and O–H groups in total. The van der Waals surface area contributed by atoms with Gasteiger partial charge in [0.15, 0.2) is 12.1 Å². The van der Waals surface area contributed by atoms with Crippen molar-refractivity contribution in [1.29, 1.82) is 5.26 Å². The van der Waals surface area contributed by atoms with E-state index in [1.165, 1.54) is 18.2 Å². The summed E-state index contributed by atoms with van der Waals surface area (Å²) in [5.74, 6) is -2.11. The van der Waals surface area contributed by atoms with Crippen LogP contribution in [0.4, 0.5) is 22.0 Å². The molecule has 3 unspecified atom stereocenters. The second-order valence-corrected chi connectivity index (χ2v) is 9.39. The Morgan fingerprint density at radius 2 is 1.94 bits per heavy atom. The number of carbonyl (C=O) groups is 1. The summed E-state index contributed by atoms with van der Waals surface area (Å²) in [4.78, 5) is 18.0. The summed E-state index contributed by atoms with van der Waals surface area (Å²) >= 11 is 11.4. The van der Waals surface area contributed by atoms with Gasteiger partial charge >= 0.3 is 6.18 Å². The van der Waals surface area contributed by atoms with Gasteiger partial charge in [-0.05, 0) is 30.2 Å². The molecule has 0 bridgehead atoms. The van der Waals surface area contributed by atoms with Crippen LogP contribution >= 0.6 is 23.2 Å². The third kappa shape index (κ3) is 4.28. The van der Waals surface area contributed by atoms with Crippen LogP contribution in [0.5, 0.6) is 0 Å². The number of nitriles is 1. The van der Waals surface area contributed by atoms with E-state index in [4.69, 9.17) is 28.0 Å². The summed E-state index contributed by atoms with van der Waals surface area (Å²) in [6.45, 7) is 1.90. The number of likely N-dealkylation sites (tertiary alicyclic amines) is 1. The molecule has 0 aliphatic carbocycles. The van der Waals surface area contributed by atoms with E-state index in [9.17, 15) is 32.0 Å². The molecule has 0 saturated carbocycles. The summed E-state index contributed by atoms with van der Waals surface area (Å²) in [5, 5.41) is 12.0. The Balaban J connectivity index is 1.62. The first-order valence-electron chi connectivity index (χ1n) is 10.9. The molecule has 1 saturated heterocycles. The van der Waals surface area contributed by atoms with Crippen molar-refractivity contribution in [2.24, 2.45) is 5.16 Å². The third-order valence-corrected chi connectivity index (χ3v) is 6.90. The van der Waals surface area contributed by atoms with Crippen LogP contribution < -0.4 is 0 Å². The van der Waals surface area contributed by atoms with Gasteiger partial charge < -0.3 is 9.74 Å². The van der Waals surface area contributed by atoms with E-state index in [2.05, 4.69) is 5.16 Å². The summed E-state index contributed by atoms with van der Waals surface area (Å²) in [6, 6.07) is 7.65. The van der Waals surface area contributed by atoms with E-state index < -0.39 is 51.8 Å². The van der Waals surface area contributed by atoms with Crippen molar-refractivity contribution in [3.8, 4) is 6.07 Å². The monoisotopic (exact) mass is 545 g/mol. The van der Waals surface area contributed by atoms with Gasteiger partial charge in [0.25, 0.3) is 5.60 Å². The van der Waals surface area contributed by atoms with E-state index in [0.717, 1.165) is 17.0 Å². The molecule has 5 nitrogen and oxygen atoms in total. The molecule has 4 rings (SSSR count). The second kappa shape index (κ2) is 9.52. The molecule has 2 aromatic carbocycles. The maximum Gasteiger partial charge on any atom is 0.435 e. The van der Waals surface area contributed by atoms with Crippen LogP contribution in [0.15, 0.2) is 35.5 Å². The Morgan fingerprint density at radius 1 is 1.28 bits per heavy atom. The second-order valence-electron chi connectivity index (χ2n) is 8.57. The molecule has 2 aliphatic heterocycles. The summed E-state index contributed by atoms with van der Waals surface area (Å²) in [5.41, 5.74) is -3.09. The number of benzene rings is 2. The van der Waals surface area contributed by atoms with E-state index in [0.29, 0.717) is 12.0 Å². The molecule has 0 aromatic heterocycles. The maximum absolute atomic E-state index is 14.7. The molecule has 2 heterocycles. The largest absolute Gasteiger partial charge is 0.435 e. The van der Waals surface area contributed by atoms with Crippen LogP contribution in [0.3, 0.4) is 0 Å². The summed E-state index contributed by atoms with van der Waals surface area (Å²) in [7, 11) is 0. The number of hydrogen-bond acceptors (Lipinski definition) is 4. The van der Waals surface area contributed by atoms with Crippen LogP contribution in [-0.4, -0.2) is 35.5 Å². The van der Waals surface area contributed by atoms with Crippen LogP contribution in [-0.2, 0) is 15.2 Å². The van der Waals surface area contributed by atoms with Gasteiger partial charge in [0.2, 0.25) is 5.91 Å². The molecule has 36 heavy (non-hydrogen) atoms. The summed E-state index contributed by atoms with van der Waals surface area (Å²) in [6.07, 6.45) is -6.59. The molecule has 1 fully saturated rings. The van der Waals surface area contributed by atoms with Crippen LogP contribution in [0.2, 0.25) is 10.0 Å². The smallest absolute Gasteiger partial charge is 0.374 e. The van der Waals surface area contributed by atoms with Crippen molar-refractivity contribution in [3.63, 3.8) is 0 Å². The number of rotatable bonds is 5. The predicted molar refractivity (Wildman–Crippen MR) is 122 cm³/mol. The lowest BCUT2D eigenvalue weighted by molar-refractivity contribution is -0.275. The van der Waals surface area contributed by atoms with Gasteiger partial charge in [0.05, 0.1) is 33.3 Å². The fraction of sp³-hybridized carbons (Fsp3) is 0.375. The molecular weight excluding hydrogens is 528 g/mol. The van der Waals surface area contributed by atoms with Crippen molar-refractivity contribution in [1.82, 2.24) is 4.90 Å². The van der Waals surface area contributed by atoms with E-state index in [1.54, 1.807) is 6.92 Å². The molecule has 2 aliphatic rings. The highest BCUT2D eigenvalue weighted by Crippen LogP contribution is 2.50. The molecule has 1 amide bonds. The number of amides is 1. The highest BCUT2D eigenvalue weighted by molar-refractivity contribution is 6.35. The number of carbonyl (C=O) groups excluding carboxylic acids is 1. The molecule has 0 radical (unpaired) electrons. The Hall–Kier alpha value is -2.90. The lowest BCUT2D eigenvalue weighted by Crippen LogP contribution is -2.54. The van der Waals surface area contributed by atoms with Crippen LogP contribution in [0.1, 0.15) is 54.4 Å². The molecular formula is C24H18Cl2F5N3O2. The molecule has 190 valence electrons. The van der Waals surface area contributed by atoms with E-state index in [-0.39, 0.29) is 35.7 Å². The van der Waals surface area contributed by atoms with Gasteiger partial charge in [-0.3, -0.25) is 4.79 Å². The van der Waals surface area contributed by atoms with Gasteiger partial charge in [-0.25, -0.2) is 8.78 Å². The molecule has 3 atom stereocenters. The highest BCUT2D eigenvalue weighted by atomic mass is 35.5. The minimum Gasteiger partial charge on any atom is -0.374 e. The van der Waals surface area contributed by atoms with Gasteiger partial charge in [-0.15, -0.1) is 0 Å². The fourth-order valence-electron chi connectivity index (χ4n) is 4.33. The fourth-order valence-corrected chi connectivity index (χ4v) is 4.81.